The Balaban J connectivity index is 1.30. The van der Waals surface area contributed by atoms with Crippen molar-refractivity contribution >= 4 is 17.0 Å². The first-order valence-electron chi connectivity index (χ1n) is 10.0. The molecule has 1 fully saturated rings. The van der Waals surface area contributed by atoms with Crippen molar-refractivity contribution in [1.82, 2.24) is 19.5 Å². The lowest BCUT2D eigenvalue weighted by Crippen LogP contribution is -2.32. The monoisotopic (exact) mass is 406 g/mol. The van der Waals surface area contributed by atoms with Gasteiger partial charge in [0.05, 0.1) is 0 Å². The summed E-state index contributed by atoms with van der Waals surface area (Å²) in [6.07, 6.45) is 4.10. The van der Waals surface area contributed by atoms with E-state index >= 15 is 0 Å². The molecule has 1 aliphatic rings. The molecule has 1 aliphatic heterocycles. The van der Waals surface area contributed by atoms with Crippen molar-refractivity contribution in [3.05, 3.63) is 76.1 Å². The maximum Gasteiger partial charge on any atom is 0.155 e. The molecule has 0 saturated carbocycles. The molecule has 29 heavy (non-hydrogen) atoms. The van der Waals surface area contributed by atoms with Crippen LogP contribution in [-0.4, -0.2) is 32.6 Å². The van der Waals surface area contributed by atoms with Gasteiger partial charge in [0.1, 0.15) is 5.82 Å². The van der Waals surface area contributed by atoms with Crippen LogP contribution in [0.5, 0.6) is 0 Å². The fourth-order valence-electron chi connectivity index (χ4n) is 4.05. The Morgan fingerprint density at radius 2 is 1.93 bits per heavy atom. The number of nitrogens with zero attached hydrogens (tertiary/aromatic N) is 4. The fraction of sp³-hybridized carbons (Fsp3) is 0.304. The number of thiophene rings is 1. The molecule has 4 aromatic rings. The molecule has 0 spiro atoms. The zero-order valence-electron chi connectivity index (χ0n) is 16.4. The van der Waals surface area contributed by atoms with Crippen LogP contribution in [0.2, 0.25) is 0 Å². The Bertz CT molecular complexity index is 1140. The predicted octanol–water partition coefficient (Wildman–Crippen LogP) is 5.28. The highest BCUT2D eigenvalue weighted by atomic mass is 32.1. The van der Waals surface area contributed by atoms with Crippen molar-refractivity contribution in [2.75, 3.05) is 13.1 Å². The standard InChI is InChI=1S/C23H23FN4S/c1-16-5-7-21(29-16)15-27-11-9-17(10-12-27)23-25-22-8-6-19(14-28(22)26-23)18-3-2-4-20(24)13-18/h2-8,13-14,17H,9-12,15H2,1H3. The molecule has 6 heteroatoms. The highest BCUT2D eigenvalue weighted by Gasteiger charge is 2.24. The van der Waals surface area contributed by atoms with E-state index < -0.39 is 0 Å². The van der Waals surface area contributed by atoms with Gasteiger partial charge < -0.3 is 0 Å². The van der Waals surface area contributed by atoms with E-state index in [1.807, 2.05) is 40.2 Å². The van der Waals surface area contributed by atoms with Crippen LogP contribution in [-0.2, 0) is 6.54 Å². The van der Waals surface area contributed by atoms with Gasteiger partial charge in [-0.3, -0.25) is 4.90 Å². The van der Waals surface area contributed by atoms with Crippen molar-refractivity contribution in [3.8, 4) is 11.1 Å². The van der Waals surface area contributed by atoms with Gasteiger partial charge in [0.25, 0.3) is 0 Å². The van der Waals surface area contributed by atoms with Gasteiger partial charge in [-0.1, -0.05) is 12.1 Å². The van der Waals surface area contributed by atoms with Gasteiger partial charge in [-0.15, -0.1) is 11.3 Å². The summed E-state index contributed by atoms with van der Waals surface area (Å²) in [4.78, 5) is 10.1. The Hall–Kier alpha value is -2.57. The predicted molar refractivity (Wildman–Crippen MR) is 115 cm³/mol. The molecule has 0 atom stereocenters. The molecule has 148 valence electrons. The third-order valence-corrected chi connectivity index (χ3v) is 6.62. The zero-order chi connectivity index (χ0) is 19.8. The van der Waals surface area contributed by atoms with E-state index in [4.69, 9.17) is 10.1 Å². The second kappa shape index (κ2) is 7.69. The lowest BCUT2D eigenvalue weighted by Gasteiger charge is -2.30. The number of hydrogen-bond donors (Lipinski definition) is 0. The molecule has 1 aromatic carbocycles. The number of rotatable bonds is 4. The number of pyridine rings is 1. The molecule has 4 heterocycles. The quantitative estimate of drug-likeness (QED) is 0.462. The Kier molecular flexibility index (Phi) is 4.89. The smallest absolute Gasteiger partial charge is 0.155 e. The fourth-order valence-corrected chi connectivity index (χ4v) is 4.98. The van der Waals surface area contributed by atoms with Gasteiger partial charge in [0, 0.05) is 34.0 Å². The summed E-state index contributed by atoms with van der Waals surface area (Å²) < 4.78 is 15.4. The van der Waals surface area contributed by atoms with Crippen LogP contribution in [0.3, 0.4) is 0 Å². The van der Waals surface area contributed by atoms with Gasteiger partial charge in [0.15, 0.2) is 11.5 Å². The molecule has 0 aliphatic carbocycles. The number of fused-ring (bicyclic) bond motifs is 1. The zero-order valence-corrected chi connectivity index (χ0v) is 17.2. The highest BCUT2D eigenvalue weighted by Crippen LogP contribution is 2.28. The molecule has 0 bridgehead atoms. The van der Waals surface area contributed by atoms with E-state index in [-0.39, 0.29) is 5.82 Å². The van der Waals surface area contributed by atoms with Crippen LogP contribution in [0.1, 0.15) is 34.3 Å². The maximum absolute atomic E-state index is 13.5. The number of likely N-dealkylation sites (tertiary alicyclic amines) is 1. The lowest BCUT2D eigenvalue weighted by molar-refractivity contribution is 0.203. The Morgan fingerprint density at radius 1 is 1.07 bits per heavy atom. The average Bonchev–Trinajstić information content (AvgIpc) is 3.34. The second-order valence-electron chi connectivity index (χ2n) is 7.76. The number of aryl methyl sites for hydroxylation is 1. The van der Waals surface area contributed by atoms with E-state index in [0.717, 1.165) is 55.1 Å². The van der Waals surface area contributed by atoms with E-state index in [9.17, 15) is 4.39 Å². The average molecular weight is 407 g/mol. The van der Waals surface area contributed by atoms with Gasteiger partial charge >= 0.3 is 0 Å². The topological polar surface area (TPSA) is 33.4 Å². The van der Waals surface area contributed by atoms with Gasteiger partial charge in [-0.2, -0.15) is 5.10 Å². The van der Waals surface area contributed by atoms with E-state index in [2.05, 4.69) is 24.0 Å². The molecule has 0 unspecified atom stereocenters. The number of halogens is 1. The lowest BCUT2D eigenvalue weighted by atomic mass is 9.96. The van der Waals surface area contributed by atoms with Crippen LogP contribution < -0.4 is 0 Å². The number of hydrogen-bond acceptors (Lipinski definition) is 4. The van der Waals surface area contributed by atoms with E-state index in [1.54, 1.807) is 12.1 Å². The molecule has 3 aromatic heterocycles. The number of benzene rings is 1. The summed E-state index contributed by atoms with van der Waals surface area (Å²) in [6, 6.07) is 15.0. The molecule has 1 saturated heterocycles. The third kappa shape index (κ3) is 3.95. The molecule has 5 rings (SSSR count). The minimum atomic E-state index is -0.230. The maximum atomic E-state index is 13.5. The van der Waals surface area contributed by atoms with Crippen LogP contribution in [0.15, 0.2) is 54.7 Å². The Morgan fingerprint density at radius 3 is 2.69 bits per heavy atom. The third-order valence-electron chi connectivity index (χ3n) is 5.63. The van der Waals surface area contributed by atoms with Crippen molar-refractivity contribution < 1.29 is 4.39 Å². The molecule has 0 N–H and O–H groups in total. The van der Waals surface area contributed by atoms with Crippen LogP contribution in [0.25, 0.3) is 16.8 Å². The minimum Gasteiger partial charge on any atom is -0.298 e. The summed E-state index contributed by atoms with van der Waals surface area (Å²) >= 11 is 1.89. The summed E-state index contributed by atoms with van der Waals surface area (Å²) in [5.41, 5.74) is 2.63. The normalized spacial score (nSPS) is 15.9. The highest BCUT2D eigenvalue weighted by molar-refractivity contribution is 7.11. The number of aromatic nitrogens is 3. The van der Waals surface area contributed by atoms with Crippen LogP contribution in [0.4, 0.5) is 4.39 Å². The molecular weight excluding hydrogens is 383 g/mol. The van der Waals surface area contributed by atoms with Gasteiger partial charge in [-0.05, 0) is 74.8 Å². The van der Waals surface area contributed by atoms with E-state index in [0.29, 0.717) is 5.92 Å². The first-order valence-corrected chi connectivity index (χ1v) is 10.9. The summed E-state index contributed by atoms with van der Waals surface area (Å²) in [5, 5.41) is 4.75. The Labute approximate surface area is 173 Å². The van der Waals surface area contributed by atoms with Gasteiger partial charge in [-0.25, -0.2) is 13.9 Å². The van der Waals surface area contributed by atoms with Crippen molar-refractivity contribution in [2.45, 2.75) is 32.2 Å². The van der Waals surface area contributed by atoms with Crippen molar-refractivity contribution in [2.24, 2.45) is 0 Å². The van der Waals surface area contributed by atoms with Crippen LogP contribution >= 0.6 is 11.3 Å². The molecule has 0 amide bonds. The summed E-state index contributed by atoms with van der Waals surface area (Å²) in [5.74, 6) is 1.09. The molecular formula is C23H23FN4S. The van der Waals surface area contributed by atoms with Crippen LogP contribution in [0, 0.1) is 12.7 Å². The van der Waals surface area contributed by atoms with Crippen molar-refractivity contribution in [3.63, 3.8) is 0 Å². The molecule has 4 nitrogen and oxygen atoms in total. The minimum absolute atomic E-state index is 0.230. The van der Waals surface area contributed by atoms with Crippen molar-refractivity contribution in [1.29, 1.82) is 0 Å². The molecule has 0 radical (unpaired) electrons. The van der Waals surface area contributed by atoms with Gasteiger partial charge in [0.2, 0.25) is 0 Å². The largest absolute Gasteiger partial charge is 0.298 e. The SMILES string of the molecule is Cc1ccc(CN2CCC(c3nc4ccc(-c5cccc(F)c5)cn4n3)CC2)s1. The summed E-state index contributed by atoms with van der Waals surface area (Å²) in [6.45, 7) is 5.35. The first-order chi connectivity index (χ1) is 14.1. The van der Waals surface area contributed by atoms with E-state index in [1.165, 1.54) is 15.8 Å². The second-order valence-corrected chi connectivity index (χ2v) is 9.14. The number of piperidine rings is 1. The summed E-state index contributed by atoms with van der Waals surface area (Å²) in [7, 11) is 0. The first kappa shape index (κ1) is 18.5.